The van der Waals surface area contributed by atoms with Crippen LogP contribution in [0.25, 0.3) is 5.65 Å². The molecule has 1 aromatic carbocycles. The van der Waals surface area contributed by atoms with Crippen molar-refractivity contribution in [2.45, 2.75) is 51.1 Å². The van der Waals surface area contributed by atoms with Gasteiger partial charge in [0.05, 0.1) is 6.04 Å². The van der Waals surface area contributed by atoms with Crippen molar-refractivity contribution < 1.29 is 0 Å². The summed E-state index contributed by atoms with van der Waals surface area (Å²) in [5, 5.41) is 12.6. The zero-order valence-electron chi connectivity index (χ0n) is 14.8. The smallest absolute Gasteiger partial charge is 0.160 e. The van der Waals surface area contributed by atoms with Gasteiger partial charge in [-0.05, 0) is 43.4 Å². The van der Waals surface area contributed by atoms with Crippen molar-refractivity contribution in [3.8, 4) is 0 Å². The second-order valence-electron chi connectivity index (χ2n) is 7.16. The molecule has 2 heterocycles. The van der Waals surface area contributed by atoms with Gasteiger partial charge in [0, 0.05) is 12.2 Å². The number of pyridine rings is 1. The van der Waals surface area contributed by atoms with Gasteiger partial charge in [-0.15, -0.1) is 10.2 Å². The summed E-state index contributed by atoms with van der Waals surface area (Å²) in [6.07, 6.45) is 8.72. The zero-order chi connectivity index (χ0) is 17.1. The molecule has 4 heteroatoms. The molecule has 25 heavy (non-hydrogen) atoms. The van der Waals surface area contributed by atoms with E-state index in [1.807, 2.05) is 24.4 Å². The Bertz CT molecular complexity index is 805. The molecule has 0 amide bonds. The van der Waals surface area contributed by atoms with Gasteiger partial charge < -0.3 is 5.32 Å². The maximum atomic E-state index is 4.44. The normalized spacial score (nSPS) is 18.3. The molecule has 0 spiro atoms. The van der Waals surface area contributed by atoms with E-state index in [-0.39, 0.29) is 6.04 Å². The van der Waals surface area contributed by atoms with E-state index in [0.717, 1.165) is 11.5 Å². The molecule has 1 fully saturated rings. The van der Waals surface area contributed by atoms with Crippen molar-refractivity contribution in [2.75, 3.05) is 0 Å². The van der Waals surface area contributed by atoms with E-state index < -0.39 is 0 Å². The summed E-state index contributed by atoms with van der Waals surface area (Å²) in [6.45, 7) is 2.20. The minimum Gasteiger partial charge on any atom is -0.300 e. The van der Waals surface area contributed by atoms with Crippen LogP contribution in [-0.4, -0.2) is 14.6 Å². The van der Waals surface area contributed by atoms with Crippen LogP contribution >= 0.6 is 0 Å². The molecule has 1 N–H and O–H groups in total. The van der Waals surface area contributed by atoms with Crippen molar-refractivity contribution in [1.82, 2.24) is 19.9 Å². The highest BCUT2D eigenvalue weighted by molar-refractivity contribution is 5.37. The maximum absolute atomic E-state index is 4.44. The van der Waals surface area contributed by atoms with Crippen LogP contribution in [0.4, 0.5) is 0 Å². The van der Waals surface area contributed by atoms with Crippen LogP contribution in [0.15, 0.2) is 54.7 Å². The predicted molar refractivity (Wildman–Crippen MR) is 100 cm³/mol. The maximum Gasteiger partial charge on any atom is 0.160 e. The molecular formula is C21H26N4. The molecule has 4 nitrogen and oxygen atoms in total. The molecule has 1 aliphatic carbocycles. The number of nitrogens with one attached hydrogen (secondary N) is 1. The minimum absolute atomic E-state index is 0.143. The average Bonchev–Trinajstić information content (AvgIpc) is 3.11. The second-order valence-corrected chi connectivity index (χ2v) is 7.16. The second kappa shape index (κ2) is 7.36. The van der Waals surface area contributed by atoms with E-state index in [4.69, 9.17) is 0 Å². The molecule has 0 unspecified atom stereocenters. The summed E-state index contributed by atoms with van der Waals surface area (Å²) >= 11 is 0. The van der Waals surface area contributed by atoms with Gasteiger partial charge in [0.15, 0.2) is 11.5 Å². The first kappa shape index (κ1) is 16.3. The van der Waals surface area contributed by atoms with Crippen LogP contribution in [0.5, 0.6) is 0 Å². The Morgan fingerprint density at radius 2 is 1.72 bits per heavy atom. The monoisotopic (exact) mass is 334 g/mol. The number of rotatable bonds is 5. The third-order valence-corrected chi connectivity index (χ3v) is 5.44. The summed E-state index contributed by atoms with van der Waals surface area (Å²) in [5.74, 6) is 1.67. The topological polar surface area (TPSA) is 42.2 Å². The first-order valence-corrected chi connectivity index (χ1v) is 9.43. The van der Waals surface area contributed by atoms with E-state index >= 15 is 0 Å². The van der Waals surface area contributed by atoms with Crippen LogP contribution in [-0.2, 0) is 0 Å². The number of fused-ring (bicyclic) bond motifs is 1. The van der Waals surface area contributed by atoms with Crippen LogP contribution in [0, 0.1) is 5.92 Å². The average molecular weight is 334 g/mol. The summed E-state index contributed by atoms with van der Waals surface area (Å²) in [5.41, 5.74) is 2.29. The highest BCUT2D eigenvalue weighted by atomic mass is 15.3. The fourth-order valence-corrected chi connectivity index (χ4v) is 4.13. The van der Waals surface area contributed by atoms with Gasteiger partial charge in [-0.3, -0.25) is 4.40 Å². The van der Waals surface area contributed by atoms with Crippen LogP contribution in [0.2, 0.25) is 0 Å². The van der Waals surface area contributed by atoms with Crippen molar-refractivity contribution in [1.29, 1.82) is 0 Å². The van der Waals surface area contributed by atoms with Gasteiger partial charge in [0.25, 0.3) is 0 Å². The fraction of sp³-hybridized carbons (Fsp3) is 0.429. The number of hydrogen-bond donors (Lipinski definition) is 1. The molecule has 2 atom stereocenters. The Morgan fingerprint density at radius 3 is 2.52 bits per heavy atom. The highest BCUT2D eigenvalue weighted by Gasteiger charge is 2.27. The summed E-state index contributed by atoms with van der Waals surface area (Å²) < 4.78 is 2.08. The lowest BCUT2D eigenvalue weighted by Crippen LogP contribution is -2.32. The van der Waals surface area contributed by atoms with Gasteiger partial charge >= 0.3 is 0 Å². The zero-order valence-corrected chi connectivity index (χ0v) is 14.8. The Morgan fingerprint density at radius 1 is 0.960 bits per heavy atom. The standard InChI is InChI=1S/C21H26N4/c1-16(21-24-23-19-14-8-9-15-25(19)21)22-20(17-10-4-2-5-11-17)18-12-6-3-7-13-18/h2,4-5,8-11,14-16,18,20,22H,3,6-7,12-13H2,1H3/t16-,20-/m0/s1. The molecule has 1 aliphatic rings. The number of aromatic nitrogens is 3. The predicted octanol–water partition coefficient (Wildman–Crippen LogP) is 4.70. The van der Waals surface area contributed by atoms with Gasteiger partial charge in [0.2, 0.25) is 0 Å². The summed E-state index contributed by atoms with van der Waals surface area (Å²) in [4.78, 5) is 0. The number of nitrogens with zero attached hydrogens (tertiary/aromatic N) is 3. The molecule has 0 saturated heterocycles. The lowest BCUT2D eigenvalue weighted by atomic mass is 9.81. The van der Waals surface area contributed by atoms with E-state index in [9.17, 15) is 0 Å². The molecule has 3 aromatic rings. The highest BCUT2D eigenvalue weighted by Crippen LogP contribution is 2.35. The third-order valence-electron chi connectivity index (χ3n) is 5.44. The largest absolute Gasteiger partial charge is 0.300 e. The quantitative estimate of drug-likeness (QED) is 0.735. The molecule has 2 aromatic heterocycles. The molecule has 0 bridgehead atoms. The fourth-order valence-electron chi connectivity index (χ4n) is 4.13. The molecule has 0 radical (unpaired) electrons. The molecule has 1 saturated carbocycles. The SMILES string of the molecule is C[C@H](N[C@@H](c1ccccc1)C1CCCCC1)c1nnc2ccccn12. The molecule has 130 valence electrons. The van der Waals surface area contributed by atoms with Crippen molar-refractivity contribution in [3.05, 3.63) is 66.1 Å². The van der Waals surface area contributed by atoms with Crippen molar-refractivity contribution in [2.24, 2.45) is 5.92 Å². The van der Waals surface area contributed by atoms with E-state index in [2.05, 4.69) is 57.2 Å². The number of hydrogen-bond acceptors (Lipinski definition) is 3. The van der Waals surface area contributed by atoms with Gasteiger partial charge in [0.1, 0.15) is 0 Å². The summed E-state index contributed by atoms with van der Waals surface area (Å²) in [6, 6.07) is 17.4. The lowest BCUT2D eigenvalue weighted by Gasteiger charge is -2.33. The van der Waals surface area contributed by atoms with Crippen molar-refractivity contribution >= 4 is 5.65 Å². The lowest BCUT2D eigenvalue weighted by molar-refractivity contribution is 0.255. The third kappa shape index (κ3) is 3.45. The molecular weight excluding hydrogens is 308 g/mol. The Labute approximate surface area is 149 Å². The Kier molecular flexibility index (Phi) is 4.79. The van der Waals surface area contributed by atoms with Gasteiger partial charge in [-0.25, -0.2) is 0 Å². The first-order valence-electron chi connectivity index (χ1n) is 9.43. The summed E-state index contributed by atoms with van der Waals surface area (Å²) in [7, 11) is 0. The van der Waals surface area contributed by atoms with E-state index in [1.165, 1.54) is 37.7 Å². The minimum atomic E-state index is 0.143. The Hall–Kier alpha value is -2.20. The molecule has 0 aliphatic heterocycles. The van der Waals surface area contributed by atoms with E-state index in [1.54, 1.807) is 0 Å². The van der Waals surface area contributed by atoms with Crippen LogP contribution in [0.3, 0.4) is 0 Å². The Balaban J connectivity index is 1.61. The first-order chi connectivity index (χ1) is 12.3. The van der Waals surface area contributed by atoms with E-state index in [0.29, 0.717) is 12.0 Å². The van der Waals surface area contributed by atoms with Gasteiger partial charge in [-0.2, -0.15) is 0 Å². The van der Waals surface area contributed by atoms with Gasteiger partial charge in [-0.1, -0.05) is 55.7 Å². The number of benzene rings is 1. The van der Waals surface area contributed by atoms with Crippen LogP contribution < -0.4 is 5.32 Å². The molecule has 4 rings (SSSR count). The van der Waals surface area contributed by atoms with Crippen LogP contribution in [0.1, 0.15) is 62.5 Å². The van der Waals surface area contributed by atoms with Crippen molar-refractivity contribution in [3.63, 3.8) is 0 Å².